The molecular formula is C17H19NO2S. The fourth-order valence-corrected chi connectivity index (χ4v) is 2.38. The summed E-state index contributed by atoms with van der Waals surface area (Å²) in [4.78, 5) is 13.1. The molecule has 0 radical (unpaired) electrons. The van der Waals surface area contributed by atoms with Gasteiger partial charge in [0.2, 0.25) is 0 Å². The second-order valence-electron chi connectivity index (χ2n) is 4.77. The number of rotatable bonds is 5. The average molecular weight is 301 g/mol. The predicted molar refractivity (Wildman–Crippen MR) is 88.3 cm³/mol. The SMILES string of the molecule is CSc1cccc(NC(=O)COc2cccc(C)c2C)c1. The van der Waals surface area contributed by atoms with E-state index in [0.29, 0.717) is 0 Å². The Labute approximate surface area is 129 Å². The van der Waals surface area contributed by atoms with E-state index in [4.69, 9.17) is 4.74 Å². The lowest BCUT2D eigenvalue weighted by Gasteiger charge is -2.11. The lowest BCUT2D eigenvalue weighted by atomic mass is 10.1. The Kier molecular flexibility index (Phi) is 5.28. The molecule has 0 fully saturated rings. The number of carbonyl (C=O) groups excluding carboxylic acids is 1. The number of hydrogen-bond acceptors (Lipinski definition) is 3. The maximum Gasteiger partial charge on any atom is 0.262 e. The van der Waals surface area contributed by atoms with Crippen LogP contribution in [-0.2, 0) is 4.79 Å². The number of anilines is 1. The molecule has 0 heterocycles. The zero-order valence-corrected chi connectivity index (χ0v) is 13.3. The van der Waals surface area contributed by atoms with Gasteiger partial charge in [-0.25, -0.2) is 0 Å². The second kappa shape index (κ2) is 7.18. The third-order valence-electron chi connectivity index (χ3n) is 3.27. The normalized spacial score (nSPS) is 10.2. The van der Waals surface area contributed by atoms with Gasteiger partial charge in [-0.1, -0.05) is 18.2 Å². The standard InChI is InChI=1S/C17H19NO2S/c1-12-6-4-9-16(13(12)2)20-11-17(19)18-14-7-5-8-15(10-14)21-3/h4-10H,11H2,1-3H3,(H,18,19). The number of benzene rings is 2. The van der Waals surface area contributed by atoms with Crippen LogP contribution in [0.5, 0.6) is 5.75 Å². The van der Waals surface area contributed by atoms with Crippen molar-refractivity contribution in [1.29, 1.82) is 0 Å². The Morgan fingerprint density at radius 2 is 1.95 bits per heavy atom. The molecule has 0 bridgehead atoms. The van der Waals surface area contributed by atoms with Gasteiger partial charge in [-0.2, -0.15) is 0 Å². The summed E-state index contributed by atoms with van der Waals surface area (Å²) in [5.74, 6) is 0.595. The Bertz CT molecular complexity index is 640. The summed E-state index contributed by atoms with van der Waals surface area (Å²) < 4.78 is 5.59. The van der Waals surface area contributed by atoms with Gasteiger partial charge in [0, 0.05) is 10.6 Å². The maximum absolute atomic E-state index is 11.9. The van der Waals surface area contributed by atoms with Crippen molar-refractivity contribution in [3.8, 4) is 5.75 Å². The monoisotopic (exact) mass is 301 g/mol. The molecule has 0 aromatic heterocycles. The first kappa shape index (κ1) is 15.4. The number of aryl methyl sites for hydroxylation is 1. The van der Waals surface area contributed by atoms with E-state index in [1.54, 1.807) is 11.8 Å². The maximum atomic E-state index is 11.9. The van der Waals surface area contributed by atoms with Gasteiger partial charge in [0.05, 0.1) is 0 Å². The molecule has 4 heteroatoms. The highest BCUT2D eigenvalue weighted by atomic mass is 32.2. The van der Waals surface area contributed by atoms with E-state index in [-0.39, 0.29) is 12.5 Å². The summed E-state index contributed by atoms with van der Waals surface area (Å²) in [6.45, 7) is 4.02. The third kappa shape index (κ3) is 4.26. The van der Waals surface area contributed by atoms with E-state index in [2.05, 4.69) is 5.32 Å². The molecule has 1 N–H and O–H groups in total. The molecule has 3 nitrogen and oxygen atoms in total. The first-order valence-corrected chi connectivity index (χ1v) is 7.95. The van der Waals surface area contributed by atoms with Crippen LogP contribution in [0.15, 0.2) is 47.4 Å². The van der Waals surface area contributed by atoms with E-state index in [1.165, 1.54) is 0 Å². The minimum Gasteiger partial charge on any atom is -0.483 e. The quantitative estimate of drug-likeness (QED) is 0.847. The second-order valence-corrected chi connectivity index (χ2v) is 5.65. The number of nitrogens with one attached hydrogen (secondary N) is 1. The summed E-state index contributed by atoms with van der Waals surface area (Å²) in [7, 11) is 0. The van der Waals surface area contributed by atoms with E-state index in [9.17, 15) is 4.79 Å². The minimum atomic E-state index is -0.158. The zero-order valence-electron chi connectivity index (χ0n) is 12.5. The van der Waals surface area contributed by atoms with Crippen molar-refractivity contribution < 1.29 is 9.53 Å². The van der Waals surface area contributed by atoms with Crippen molar-refractivity contribution in [2.75, 3.05) is 18.2 Å². The van der Waals surface area contributed by atoms with Gasteiger partial charge in [0.25, 0.3) is 5.91 Å². The fourth-order valence-electron chi connectivity index (χ4n) is 1.92. The Balaban J connectivity index is 1.94. The van der Waals surface area contributed by atoms with Crippen molar-refractivity contribution in [2.24, 2.45) is 0 Å². The fraction of sp³-hybridized carbons (Fsp3) is 0.235. The molecule has 0 aliphatic carbocycles. The summed E-state index contributed by atoms with van der Waals surface area (Å²) in [5.41, 5.74) is 3.01. The van der Waals surface area contributed by atoms with Gasteiger partial charge in [0.1, 0.15) is 5.75 Å². The Morgan fingerprint density at radius 3 is 2.71 bits per heavy atom. The average Bonchev–Trinajstić information content (AvgIpc) is 2.49. The molecule has 1 amide bonds. The summed E-state index contributed by atoms with van der Waals surface area (Å²) in [5, 5.41) is 2.84. The Hall–Kier alpha value is -1.94. The molecule has 2 aromatic carbocycles. The molecule has 0 saturated carbocycles. The van der Waals surface area contributed by atoms with Gasteiger partial charge >= 0.3 is 0 Å². The first-order valence-electron chi connectivity index (χ1n) is 6.73. The number of amides is 1. The molecule has 21 heavy (non-hydrogen) atoms. The van der Waals surface area contributed by atoms with E-state index >= 15 is 0 Å². The largest absolute Gasteiger partial charge is 0.483 e. The molecule has 0 atom stereocenters. The van der Waals surface area contributed by atoms with Crippen molar-refractivity contribution in [1.82, 2.24) is 0 Å². The number of thioether (sulfide) groups is 1. The molecule has 0 unspecified atom stereocenters. The molecule has 0 saturated heterocycles. The number of ether oxygens (including phenoxy) is 1. The van der Waals surface area contributed by atoms with E-state index in [0.717, 1.165) is 27.5 Å². The Morgan fingerprint density at radius 1 is 1.19 bits per heavy atom. The number of hydrogen-bond donors (Lipinski definition) is 1. The smallest absolute Gasteiger partial charge is 0.262 e. The van der Waals surface area contributed by atoms with Crippen LogP contribution in [0, 0.1) is 13.8 Å². The lowest BCUT2D eigenvalue weighted by Crippen LogP contribution is -2.20. The van der Waals surface area contributed by atoms with Crippen molar-refractivity contribution in [2.45, 2.75) is 18.7 Å². The van der Waals surface area contributed by atoms with Crippen LogP contribution in [0.3, 0.4) is 0 Å². The molecule has 0 spiro atoms. The zero-order chi connectivity index (χ0) is 15.2. The van der Waals surface area contributed by atoms with Crippen molar-refractivity contribution in [3.63, 3.8) is 0 Å². The van der Waals surface area contributed by atoms with Crippen LogP contribution in [0.1, 0.15) is 11.1 Å². The van der Waals surface area contributed by atoms with Crippen molar-refractivity contribution in [3.05, 3.63) is 53.6 Å². The van der Waals surface area contributed by atoms with Gasteiger partial charge in [-0.3, -0.25) is 4.79 Å². The van der Waals surface area contributed by atoms with Crippen molar-refractivity contribution >= 4 is 23.4 Å². The molecule has 2 rings (SSSR count). The predicted octanol–water partition coefficient (Wildman–Crippen LogP) is 4.04. The molecular weight excluding hydrogens is 282 g/mol. The summed E-state index contributed by atoms with van der Waals surface area (Å²) in [6, 6.07) is 13.6. The molecule has 0 aliphatic rings. The highest BCUT2D eigenvalue weighted by Gasteiger charge is 2.06. The van der Waals surface area contributed by atoms with Crippen LogP contribution in [0.25, 0.3) is 0 Å². The van der Waals surface area contributed by atoms with Crippen LogP contribution in [0.4, 0.5) is 5.69 Å². The topological polar surface area (TPSA) is 38.3 Å². The lowest BCUT2D eigenvalue weighted by molar-refractivity contribution is -0.118. The summed E-state index contributed by atoms with van der Waals surface area (Å²) >= 11 is 1.64. The van der Waals surface area contributed by atoms with Gasteiger partial charge in [-0.05, 0) is 55.5 Å². The molecule has 0 aliphatic heterocycles. The van der Waals surface area contributed by atoms with Gasteiger partial charge in [0.15, 0.2) is 6.61 Å². The minimum absolute atomic E-state index is 0.00773. The molecule has 2 aromatic rings. The molecule has 110 valence electrons. The van der Waals surface area contributed by atoms with Crippen LogP contribution in [-0.4, -0.2) is 18.8 Å². The van der Waals surface area contributed by atoms with Crippen LogP contribution < -0.4 is 10.1 Å². The van der Waals surface area contributed by atoms with Gasteiger partial charge < -0.3 is 10.1 Å². The highest BCUT2D eigenvalue weighted by Crippen LogP contribution is 2.21. The van der Waals surface area contributed by atoms with Crippen LogP contribution in [0.2, 0.25) is 0 Å². The van der Waals surface area contributed by atoms with Gasteiger partial charge in [-0.15, -0.1) is 11.8 Å². The first-order chi connectivity index (χ1) is 10.1. The summed E-state index contributed by atoms with van der Waals surface area (Å²) in [6.07, 6.45) is 2.00. The number of carbonyl (C=O) groups is 1. The van der Waals surface area contributed by atoms with E-state index in [1.807, 2.05) is 62.6 Å². The third-order valence-corrected chi connectivity index (χ3v) is 3.99. The van der Waals surface area contributed by atoms with E-state index < -0.39 is 0 Å². The van der Waals surface area contributed by atoms with Crippen LogP contribution >= 0.6 is 11.8 Å². The highest BCUT2D eigenvalue weighted by molar-refractivity contribution is 7.98.